The highest BCUT2D eigenvalue weighted by molar-refractivity contribution is 5.99. The number of amides is 2. The van der Waals surface area contributed by atoms with Crippen LogP contribution >= 0.6 is 0 Å². The summed E-state index contributed by atoms with van der Waals surface area (Å²) in [6.45, 7) is 0.738. The van der Waals surface area contributed by atoms with Crippen LogP contribution in [0.15, 0.2) is 73.1 Å². The fourth-order valence-corrected chi connectivity index (χ4v) is 3.13. The lowest BCUT2D eigenvalue weighted by Crippen LogP contribution is -2.19. The second kappa shape index (κ2) is 10.8. The number of nitrogens with zero attached hydrogens (tertiary/aromatic N) is 3. The summed E-state index contributed by atoms with van der Waals surface area (Å²) >= 11 is 0. The highest BCUT2D eigenvalue weighted by Crippen LogP contribution is 2.33. The normalized spacial score (nSPS) is 10.4. The van der Waals surface area contributed by atoms with Crippen LogP contribution in [0.2, 0.25) is 0 Å². The van der Waals surface area contributed by atoms with E-state index < -0.39 is 6.03 Å². The molecule has 4 aromatic rings. The van der Waals surface area contributed by atoms with E-state index in [9.17, 15) is 10.1 Å². The largest absolute Gasteiger partial charge is 0.490 e. The van der Waals surface area contributed by atoms with Crippen LogP contribution in [0.4, 0.5) is 16.3 Å². The molecule has 0 atom stereocenters. The molecule has 0 bridgehead atoms. The number of methoxy groups -OCH3 is 1. The molecule has 0 radical (unpaired) electrons. The van der Waals surface area contributed by atoms with Gasteiger partial charge in [0.2, 0.25) is 0 Å². The van der Waals surface area contributed by atoms with Gasteiger partial charge in [0.1, 0.15) is 35.7 Å². The van der Waals surface area contributed by atoms with Crippen molar-refractivity contribution in [3.63, 3.8) is 0 Å². The van der Waals surface area contributed by atoms with Crippen molar-refractivity contribution < 1.29 is 19.0 Å². The standard InChI is InChI=1S/C25H21N5O4/c1-32-12-13-33-23-15-21-20(14-17(23)16-26)22(9-11-27-21)34-19-7-5-18(6-8-19)29-25(31)30-24-4-2-3-10-28-24/h2-11,14-15H,12-13H2,1H3,(H2,28,29,30,31). The van der Waals surface area contributed by atoms with Crippen LogP contribution in [-0.2, 0) is 4.74 Å². The summed E-state index contributed by atoms with van der Waals surface area (Å²) in [5, 5.41) is 15.6. The van der Waals surface area contributed by atoms with Crippen molar-refractivity contribution in [3.8, 4) is 23.3 Å². The summed E-state index contributed by atoms with van der Waals surface area (Å²) in [7, 11) is 1.58. The first-order chi connectivity index (χ1) is 16.7. The minimum absolute atomic E-state index is 0.327. The summed E-state index contributed by atoms with van der Waals surface area (Å²) in [5.41, 5.74) is 1.60. The molecule has 0 aliphatic heterocycles. The van der Waals surface area contributed by atoms with E-state index in [-0.39, 0.29) is 0 Å². The first-order valence-electron chi connectivity index (χ1n) is 10.4. The van der Waals surface area contributed by atoms with E-state index in [0.717, 1.165) is 0 Å². The Morgan fingerprint density at radius 2 is 1.82 bits per heavy atom. The molecule has 2 heterocycles. The van der Waals surface area contributed by atoms with Crippen molar-refractivity contribution >= 4 is 28.4 Å². The summed E-state index contributed by atoms with van der Waals surface area (Å²) < 4.78 is 16.7. The number of benzene rings is 2. The Bertz CT molecular complexity index is 1320. The lowest BCUT2D eigenvalue weighted by Gasteiger charge is -2.12. The summed E-state index contributed by atoms with van der Waals surface area (Å²) in [4.78, 5) is 20.6. The molecule has 0 aliphatic carbocycles. The Labute approximate surface area is 195 Å². The van der Waals surface area contributed by atoms with E-state index in [0.29, 0.717) is 58.4 Å². The van der Waals surface area contributed by atoms with Crippen molar-refractivity contribution in [1.29, 1.82) is 5.26 Å². The number of nitriles is 1. The van der Waals surface area contributed by atoms with Gasteiger partial charge in [0.15, 0.2) is 0 Å². The Kier molecular flexibility index (Phi) is 7.12. The molecule has 170 valence electrons. The Balaban J connectivity index is 1.47. The van der Waals surface area contributed by atoms with Gasteiger partial charge in [-0.1, -0.05) is 6.07 Å². The van der Waals surface area contributed by atoms with E-state index in [1.54, 1.807) is 80.2 Å². The Morgan fingerprint density at radius 1 is 0.971 bits per heavy atom. The zero-order chi connectivity index (χ0) is 23.8. The number of aromatic nitrogens is 2. The van der Waals surface area contributed by atoms with E-state index in [1.807, 2.05) is 0 Å². The van der Waals surface area contributed by atoms with Gasteiger partial charge < -0.3 is 19.5 Å². The number of pyridine rings is 2. The fourth-order valence-electron chi connectivity index (χ4n) is 3.13. The van der Waals surface area contributed by atoms with Crippen LogP contribution in [0.25, 0.3) is 10.9 Å². The Morgan fingerprint density at radius 3 is 2.56 bits per heavy atom. The number of hydrogen-bond acceptors (Lipinski definition) is 7. The van der Waals surface area contributed by atoms with Gasteiger partial charge in [-0.25, -0.2) is 9.78 Å². The topological polar surface area (TPSA) is 118 Å². The molecule has 2 aromatic carbocycles. The molecule has 0 fully saturated rings. The van der Waals surface area contributed by atoms with Crippen molar-refractivity contribution in [1.82, 2.24) is 9.97 Å². The van der Waals surface area contributed by atoms with Crippen LogP contribution in [0.1, 0.15) is 5.56 Å². The highest BCUT2D eigenvalue weighted by atomic mass is 16.5. The van der Waals surface area contributed by atoms with Gasteiger partial charge >= 0.3 is 6.03 Å². The highest BCUT2D eigenvalue weighted by Gasteiger charge is 2.12. The fraction of sp³-hybridized carbons (Fsp3) is 0.120. The number of ether oxygens (including phenoxy) is 3. The predicted molar refractivity (Wildman–Crippen MR) is 127 cm³/mol. The second-order valence-corrected chi connectivity index (χ2v) is 7.05. The minimum atomic E-state index is -0.403. The zero-order valence-corrected chi connectivity index (χ0v) is 18.3. The monoisotopic (exact) mass is 455 g/mol. The third-order valence-corrected chi connectivity index (χ3v) is 4.71. The zero-order valence-electron chi connectivity index (χ0n) is 18.3. The van der Waals surface area contributed by atoms with Gasteiger partial charge in [0, 0.05) is 36.6 Å². The summed E-state index contributed by atoms with van der Waals surface area (Å²) in [5.74, 6) is 1.99. The predicted octanol–water partition coefficient (Wildman–Crippen LogP) is 4.96. The quantitative estimate of drug-likeness (QED) is 0.360. The number of carbonyl (C=O) groups excluding carboxylic acids is 1. The summed E-state index contributed by atoms with van der Waals surface area (Å²) in [6, 6.07) is 19.0. The van der Waals surface area contributed by atoms with E-state index >= 15 is 0 Å². The van der Waals surface area contributed by atoms with E-state index in [1.165, 1.54) is 0 Å². The van der Waals surface area contributed by atoms with Crippen LogP contribution < -0.4 is 20.1 Å². The van der Waals surface area contributed by atoms with E-state index in [4.69, 9.17) is 14.2 Å². The number of fused-ring (bicyclic) bond motifs is 1. The maximum absolute atomic E-state index is 12.1. The number of carbonyl (C=O) groups is 1. The average Bonchev–Trinajstić information content (AvgIpc) is 2.85. The third kappa shape index (κ3) is 5.56. The van der Waals surface area contributed by atoms with Crippen LogP contribution in [0.5, 0.6) is 17.2 Å². The van der Waals surface area contributed by atoms with Gasteiger partial charge in [-0.3, -0.25) is 10.3 Å². The molecule has 9 nitrogen and oxygen atoms in total. The molecule has 2 aromatic heterocycles. The second-order valence-electron chi connectivity index (χ2n) is 7.05. The smallest absolute Gasteiger partial charge is 0.324 e. The SMILES string of the molecule is COCCOc1cc2nccc(Oc3ccc(NC(=O)Nc4ccccn4)cc3)c2cc1C#N. The summed E-state index contributed by atoms with van der Waals surface area (Å²) in [6.07, 6.45) is 3.22. The molecule has 0 unspecified atom stereocenters. The van der Waals surface area contributed by atoms with Gasteiger partial charge in [-0.2, -0.15) is 5.26 Å². The number of hydrogen-bond donors (Lipinski definition) is 2. The molecule has 2 N–H and O–H groups in total. The molecule has 4 rings (SSSR count). The molecule has 0 spiro atoms. The lowest BCUT2D eigenvalue weighted by atomic mass is 10.1. The molecular formula is C25H21N5O4. The molecule has 0 aliphatic rings. The first kappa shape index (κ1) is 22.5. The van der Waals surface area contributed by atoms with Gasteiger partial charge in [0.25, 0.3) is 0 Å². The van der Waals surface area contributed by atoms with Gasteiger partial charge in [-0.05, 0) is 48.5 Å². The molecule has 0 saturated heterocycles. The molecule has 0 saturated carbocycles. The van der Waals surface area contributed by atoms with Crippen LogP contribution in [0.3, 0.4) is 0 Å². The lowest BCUT2D eigenvalue weighted by molar-refractivity contribution is 0.146. The first-order valence-corrected chi connectivity index (χ1v) is 10.4. The van der Waals surface area contributed by atoms with Gasteiger partial charge in [0.05, 0.1) is 17.7 Å². The third-order valence-electron chi connectivity index (χ3n) is 4.71. The van der Waals surface area contributed by atoms with Crippen molar-refractivity contribution in [2.24, 2.45) is 0 Å². The number of rotatable bonds is 8. The maximum atomic E-state index is 12.1. The molecule has 34 heavy (non-hydrogen) atoms. The maximum Gasteiger partial charge on any atom is 0.324 e. The number of nitrogens with one attached hydrogen (secondary N) is 2. The van der Waals surface area contributed by atoms with Crippen LogP contribution in [-0.4, -0.2) is 36.3 Å². The number of urea groups is 1. The van der Waals surface area contributed by atoms with E-state index in [2.05, 4.69) is 26.7 Å². The van der Waals surface area contributed by atoms with Crippen molar-refractivity contribution in [2.45, 2.75) is 0 Å². The number of anilines is 2. The van der Waals surface area contributed by atoms with Crippen molar-refractivity contribution in [3.05, 3.63) is 78.6 Å². The van der Waals surface area contributed by atoms with Crippen molar-refractivity contribution in [2.75, 3.05) is 31.0 Å². The molecule has 2 amide bonds. The average molecular weight is 455 g/mol. The van der Waals surface area contributed by atoms with Gasteiger partial charge in [-0.15, -0.1) is 0 Å². The molecular weight excluding hydrogens is 434 g/mol. The Hall–Kier alpha value is -4.68. The molecule has 9 heteroatoms. The van der Waals surface area contributed by atoms with Crippen LogP contribution in [0, 0.1) is 11.3 Å². The minimum Gasteiger partial charge on any atom is -0.490 e.